The largest absolute Gasteiger partial charge is 0.399 e. The number of hydrazone groups is 1. The van der Waals surface area contributed by atoms with E-state index in [0.29, 0.717) is 17.8 Å². The zero-order chi connectivity index (χ0) is 22.2. The van der Waals surface area contributed by atoms with Crippen LogP contribution in [0, 0.1) is 0 Å². The molecule has 0 spiro atoms. The highest BCUT2D eigenvalue weighted by molar-refractivity contribution is 8.03. The van der Waals surface area contributed by atoms with Gasteiger partial charge < -0.3 is 16.5 Å². The summed E-state index contributed by atoms with van der Waals surface area (Å²) in [7, 11) is 1.77. The number of thioether (sulfide) groups is 1. The molecule has 0 unspecified atom stereocenters. The lowest BCUT2D eigenvalue weighted by molar-refractivity contribution is 0.578. The number of rotatable bonds is 14. The van der Waals surface area contributed by atoms with Crippen molar-refractivity contribution in [3.63, 3.8) is 0 Å². The predicted octanol–water partition coefficient (Wildman–Crippen LogP) is 3.99. The van der Waals surface area contributed by atoms with Gasteiger partial charge >= 0.3 is 0 Å². The van der Waals surface area contributed by atoms with Gasteiger partial charge in [-0.1, -0.05) is 12.2 Å². The van der Waals surface area contributed by atoms with E-state index in [-0.39, 0.29) is 17.9 Å². The Labute approximate surface area is 182 Å². The van der Waals surface area contributed by atoms with Crippen LogP contribution in [0.3, 0.4) is 0 Å². The van der Waals surface area contributed by atoms with Crippen LogP contribution in [0.25, 0.3) is 0 Å². The first kappa shape index (κ1) is 25.5. The van der Waals surface area contributed by atoms with Crippen LogP contribution in [-0.4, -0.2) is 26.1 Å². The lowest BCUT2D eigenvalue weighted by Crippen LogP contribution is -2.34. The Bertz CT molecular complexity index is 738. The second-order valence-corrected chi connectivity index (χ2v) is 7.40. The van der Waals surface area contributed by atoms with Crippen LogP contribution in [-0.2, 0) is 0 Å². The van der Waals surface area contributed by atoms with E-state index in [4.69, 9.17) is 5.73 Å². The van der Waals surface area contributed by atoms with E-state index in [0.717, 1.165) is 30.0 Å². The van der Waals surface area contributed by atoms with Crippen molar-refractivity contribution in [2.45, 2.75) is 32.6 Å². The molecule has 0 aromatic heterocycles. The number of halogens is 2. The van der Waals surface area contributed by atoms with Gasteiger partial charge in [0.2, 0.25) is 0 Å². The molecule has 1 aliphatic carbocycles. The molecule has 0 fully saturated rings. The first-order valence-corrected chi connectivity index (χ1v) is 10.8. The van der Waals surface area contributed by atoms with E-state index in [1.807, 2.05) is 6.08 Å². The van der Waals surface area contributed by atoms with Crippen molar-refractivity contribution in [1.29, 1.82) is 0 Å². The third-order valence-corrected chi connectivity index (χ3v) is 4.98. The van der Waals surface area contributed by atoms with Crippen molar-refractivity contribution in [3.05, 3.63) is 70.2 Å². The fraction of sp³-hybridized carbons (Fsp3) is 0.381. The summed E-state index contributed by atoms with van der Waals surface area (Å²) in [5.74, 6) is 0.126. The Morgan fingerprint density at radius 1 is 1.37 bits per heavy atom. The fourth-order valence-electron chi connectivity index (χ4n) is 2.48. The molecule has 0 saturated heterocycles. The summed E-state index contributed by atoms with van der Waals surface area (Å²) in [4.78, 5) is 0. The highest BCUT2D eigenvalue weighted by atomic mass is 32.2. The van der Waals surface area contributed by atoms with Crippen LogP contribution in [0.2, 0.25) is 0 Å². The number of hydrazine groups is 1. The predicted molar refractivity (Wildman–Crippen MR) is 124 cm³/mol. The SMILES string of the molecule is C=NN/C(=C\C/C(N)=C(F)/C=C\C)SCCCNN/C(=C\NC)C1=CCCC=C1F. The van der Waals surface area contributed by atoms with Crippen LogP contribution in [0.15, 0.2) is 75.3 Å². The van der Waals surface area contributed by atoms with E-state index in [9.17, 15) is 8.78 Å². The first-order valence-electron chi connectivity index (χ1n) is 9.77. The van der Waals surface area contributed by atoms with Crippen LogP contribution >= 0.6 is 11.8 Å². The zero-order valence-corrected chi connectivity index (χ0v) is 18.4. The first-order chi connectivity index (χ1) is 14.5. The standard InChI is InChI=1S/C21H32F2N6S/c1-4-8-18(23)19(24)11-12-21(29-26-3)30-14-7-13-27-28-20(15-25-2)16-9-5-6-10-17(16)22/h4,8-10,12,15,25,27-29H,3,5-7,11,13-14,24H2,1-2H3/b8-4-,19-18+,20-15-,21-12+. The Kier molecular flexibility index (Phi) is 13.0. The molecule has 0 aromatic carbocycles. The third-order valence-electron chi connectivity index (χ3n) is 3.92. The molecule has 30 heavy (non-hydrogen) atoms. The van der Waals surface area contributed by atoms with Gasteiger partial charge in [0.1, 0.15) is 11.7 Å². The Hall–Kier alpha value is -2.52. The van der Waals surface area contributed by atoms with Gasteiger partial charge in [-0.25, -0.2) is 14.2 Å². The fourth-order valence-corrected chi connectivity index (χ4v) is 3.32. The summed E-state index contributed by atoms with van der Waals surface area (Å²) in [6.07, 6.45) is 12.5. The summed E-state index contributed by atoms with van der Waals surface area (Å²) >= 11 is 1.53. The highest BCUT2D eigenvalue weighted by Crippen LogP contribution is 2.24. The summed E-state index contributed by atoms with van der Waals surface area (Å²) < 4.78 is 27.6. The number of allylic oxidation sites excluding steroid dienone is 7. The molecule has 0 aliphatic heterocycles. The average molecular weight is 439 g/mol. The molecular formula is C21H32F2N6S. The lowest BCUT2D eigenvalue weighted by Gasteiger charge is -2.17. The number of nitrogens with two attached hydrogens (primary N) is 1. The molecule has 0 atom stereocenters. The van der Waals surface area contributed by atoms with E-state index in [1.165, 1.54) is 17.8 Å². The second kappa shape index (κ2) is 15.3. The van der Waals surface area contributed by atoms with Gasteiger partial charge in [0, 0.05) is 50.0 Å². The molecule has 6 N–H and O–H groups in total. The van der Waals surface area contributed by atoms with Crippen LogP contribution in [0.1, 0.15) is 32.6 Å². The number of nitrogens with zero attached hydrogens (tertiary/aromatic N) is 1. The minimum atomic E-state index is -0.440. The maximum atomic E-state index is 14.0. The maximum absolute atomic E-state index is 14.0. The third kappa shape index (κ3) is 9.80. The lowest BCUT2D eigenvalue weighted by atomic mass is 10.0. The molecule has 1 rings (SSSR count). The summed E-state index contributed by atoms with van der Waals surface area (Å²) in [5.41, 5.74) is 16.1. The van der Waals surface area contributed by atoms with E-state index >= 15 is 0 Å². The molecule has 0 aromatic rings. The molecule has 1 aliphatic rings. The van der Waals surface area contributed by atoms with Gasteiger partial charge in [-0.15, -0.1) is 11.8 Å². The number of hydrogen-bond acceptors (Lipinski definition) is 7. The van der Waals surface area contributed by atoms with Crippen molar-refractivity contribution in [1.82, 2.24) is 21.6 Å². The van der Waals surface area contributed by atoms with E-state index in [1.54, 1.807) is 38.4 Å². The number of nitrogens with one attached hydrogen (secondary N) is 4. The molecule has 6 nitrogen and oxygen atoms in total. The molecule has 9 heteroatoms. The summed E-state index contributed by atoms with van der Waals surface area (Å²) in [5, 5.41) is 7.35. The van der Waals surface area contributed by atoms with Crippen LogP contribution in [0.4, 0.5) is 8.78 Å². The van der Waals surface area contributed by atoms with Crippen molar-refractivity contribution < 1.29 is 8.78 Å². The van der Waals surface area contributed by atoms with E-state index in [2.05, 4.69) is 33.4 Å². The molecule has 0 heterocycles. The van der Waals surface area contributed by atoms with E-state index < -0.39 is 5.83 Å². The average Bonchev–Trinajstić information content (AvgIpc) is 2.73. The van der Waals surface area contributed by atoms with Crippen molar-refractivity contribution in [2.24, 2.45) is 10.8 Å². The zero-order valence-electron chi connectivity index (χ0n) is 17.6. The van der Waals surface area contributed by atoms with Crippen LogP contribution in [0.5, 0.6) is 0 Å². The minimum Gasteiger partial charge on any atom is -0.399 e. The van der Waals surface area contributed by atoms with Crippen molar-refractivity contribution in [2.75, 3.05) is 19.3 Å². The van der Waals surface area contributed by atoms with Gasteiger partial charge in [0.05, 0.1) is 10.7 Å². The molecule has 0 amide bonds. The Balaban J connectivity index is 2.44. The Morgan fingerprint density at radius 3 is 2.80 bits per heavy atom. The molecule has 0 radical (unpaired) electrons. The molecule has 166 valence electrons. The smallest absolute Gasteiger partial charge is 0.141 e. The highest BCUT2D eigenvalue weighted by Gasteiger charge is 2.13. The van der Waals surface area contributed by atoms with Gasteiger partial charge in [0.15, 0.2) is 0 Å². The minimum absolute atomic E-state index is 0.157. The van der Waals surface area contributed by atoms with Crippen molar-refractivity contribution >= 4 is 18.5 Å². The topological polar surface area (TPSA) is 86.5 Å². The second-order valence-electron chi connectivity index (χ2n) is 6.26. The normalized spacial score (nSPS) is 16.0. The molecule has 0 bridgehead atoms. The molecular weight excluding hydrogens is 406 g/mol. The number of hydrogen-bond donors (Lipinski definition) is 5. The quantitative estimate of drug-likeness (QED) is 0.122. The van der Waals surface area contributed by atoms with Gasteiger partial charge in [-0.3, -0.25) is 5.43 Å². The van der Waals surface area contributed by atoms with Crippen LogP contribution < -0.4 is 27.3 Å². The molecule has 0 saturated carbocycles. The van der Waals surface area contributed by atoms with Crippen molar-refractivity contribution in [3.8, 4) is 0 Å². The van der Waals surface area contributed by atoms with Gasteiger partial charge in [-0.2, -0.15) is 5.10 Å². The van der Waals surface area contributed by atoms with Gasteiger partial charge in [-0.05, 0) is 44.4 Å². The maximum Gasteiger partial charge on any atom is 0.141 e. The summed E-state index contributed by atoms with van der Waals surface area (Å²) in [6, 6.07) is 0. The Morgan fingerprint density at radius 2 is 2.13 bits per heavy atom. The summed E-state index contributed by atoms with van der Waals surface area (Å²) in [6.45, 7) is 5.81. The monoisotopic (exact) mass is 438 g/mol. The van der Waals surface area contributed by atoms with Gasteiger partial charge in [0.25, 0.3) is 0 Å².